The van der Waals surface area contributed by atoms with Gasteiger partial charge in [0.1, 0.15) is 0 Å². The van der Waals surface area contributed by atoms with Crippen LogP contribution in [0.1, 0.15) is 35.7 Å². The average molecular weight is 277 g/mol. The summed E-state index contributed by atoms with van der Waals surface area (Å²) in [6.45, 7) is 5.51. The highest BCUT2D eigenvalue weighted by Crippen LogP contribution is 2.03. The van der Waals surface area contributed by atoms with Gasteiger partial charge in [-0.1, -0.05) is 31.0 Å². The van der Waals surface area contributed by atoms with Crippen molar-refractivity contribution < 1.29 is 9.59 Å². The van der Waals surface area contributed by atoms with Crippen molar-refractivity contribution in [3.05, 3.63) is 35.4 Å². The third kappa shape index (κ3) is 6.22. The number of benzene rings is 1. The van der Waals surface area contributed by atoms with Crippen molar-refractivity contribution in [2.45, 2.75) is 26.7 Å². The fourth-order valence-corrected chi connectivity index (χ4v) is 1.68. The molecule has 0 unspecified atom stereocenters. The minimum Gasteiger partial charge on any atom is -0.350 e. The molecule has 1 aromatic rings. The fourth-order valence-electron chi connectivity index (χ4n) is 1.68. The van der Waals surface area contributed by atoms with Crippen LogP contribution in [0.4, 0.5) is 4.79 Å². The first-order chi connectivity index (χ1) is 9.63. The summed E-state index contributed by atoms with van der Waals surface area (Å²) >= 11 is 0. The largest absolute Gasteiger partial charge is 0.350 e. The van der Waals surface area contributed by atoms with Crippen LogP contribution in [0, 0.1) is 6.92 Å². The minimum atomic E-state index is -0.191. The molecule has 0 spiro atoms. The molecule has 0 aliphatic rings. The van der Waals surface area contributed by atoms with Gasteiger partial charge in [-0.25, -0.2) is 4.79 Å². The lowest BCUT2D eigenvalue weighted by atomic mass is 10.1. The van der Waals surface area contributed by atoms with Crippen molar-refractivity contribution in [2.24, 2.45) is 0 Å². The molecule has 5 nitrogen and oxygen atoms in total. The van der Waals surface area contributed by atoms with Gasteiger partial charge >= 0.3 is 6.03 Å². The molecule has 0 saturated carbocycles. The molecular weight excluding hydrogens is 254 g/mol. The highest BCUT2D eigenvalue weighted by molar-refractivity contribution is 5.94. The topological polar surface area (TPSA) is 70.2 Å². The maximum Gasteiger partial charge on any atom is 0.314 e. The number of urea groups is 1. The Labute approximate surface area is 120 Å². The van der Waals surface area contributed by atoms with Crippen molar-refractivity contribution in [1.82, 2.24) is 16.0 Å². The molecule has 3 amide bonds. The van der Waals surface area contributed by atoms with Crippen LogP contribution in [0.3, 0.4) is 0 Å². The summed E-state index contributed by atoms with van der Waals surface area (Å²) in [5.41, 5.74) is 1.68. The Bertz CT molecular complexity index is 446. The lowest BCUT2D eigenvalue weighted by molar-refractivity contribution is 0.0953. The van der Waals surface area contributed by atoms with Crippen molar-refractivity contribution in [2.75, 3.05) is 19.6 Å². The third-order valence-corrected chi connectivity index (χ3v) is 2.79. The van der Waals surface area contributed by atoms with Crippen LogP contribution in [-0.2, 0) is 0 Å². The molecule has 20 heavy (non-hydrogen) atoms. The Morgan fingerprint density at radius 2 is 1.75 bits per heavy atom. The summed E-state index contributed by atoms with van der Waals surface area (Å²) in [5, 5.41) is 8.21. The average Bonchev–Trinajstić information content (AvgIpc) is 2.43. The van der Waals surface area contributed by atoms with Gasteiger partial charge in [0.15, 0.2) is 0 Å². The Morgan fingerprint density at radius 1 is 1.05 bits per heavy atom. The molecule has 110 valence electrons. The van der Waals surface area contributed by atoms with E-state index in [0.29, 0.717) is 25.2 Å². The number of hydrogen-bond acceptors (Lipinski definition) is 2. The van der Waals surface area contributed by atoms with Crippen LogP contribution >= 0.6 is 0 Å². The zero-order valence-electron chi connectivity index (χ0n) is 12.2. The van der Waals surface area contributed by atoms with Gasteiger partial charge in [-0.3, -0.25) is 4.79 Å². The number of amides is 3. The monoisotopic (exact) mass is 277 g/mol. The van der Waals surface area contributed by atoms with Gasteiger partial charge in [0.2, 0.25) is 0 Å². The first kappa shape index (κ1) is 16.0. The molecule has 0 bridgehead atoms. The molecule has 0 heterocycles. The zero-order chi connectivity index (χ0) is 14.8. The second-order valence-electron chi connectivity index (χ2n) is 4.66. The van der Waals surface area contributed by atoms with E-state index in [4.69, 9.17) is 0 Å². The maximum absolute atomic E-state index is 11.8. The van der Waals surface area contributed by atoms with Crippen LogP contribution in [0.25, 0.3) is 0 Å². The normalized spacial score (nSPS) is 9.90. The standard InChI is InChI=1S/C15H23N3O2/c1-3-4-8-17-15(20)18-10-9-16-14(19)13-7-5-6-12(2)11-13/h5-7,11H,3-4,8-10H2,1-2H3,(H,16,19)(H2,17,18,20). The van der Waals surface area contributed by atoms with Gasteiger partial charge in [-0.05, 0) is 25.5 Å². The number of aryl methyl sites for hydroxylation is 1. The molecule has 0 aromatic heterocycles. The molecule has 0 saturated heterocycles. The van der Waals surface area contributed by atoms with Gasteiger partial charge in [-0.15, -0.1) is 0 Å². The Morgan fingerprint density at radius 3 is 2.45 bits per heavy atom. The summed E-state index contributed by atoms with van der Waals surface area (Å²) in [5.74, 6) is -0.123. The first-order valence-corrected chi connectivity index (χ1v) is 7.00. The van der Waals surface area contributed by atoms with Crippen LogP contribution < -0.4 is 16.0 Å². The second-order valence-corrected chi connectivity index (χ2v) is 4.66. The smallest absolute Gasteiger partial charge is 0.314 e. The summed E-state index contributed by atoms with van der Waals surface area (Å²) < 4.78 is 0. The van der Waals surface area contributed by atoms with E-state index in [9.17, 15) is 9.59 Å². The van der Waals surface area contributed by atoms with Crippen LogP contribution in [0.5, 0.6) is 0 Å². The molecule has 5 heteroatoms. The number of hydrogen-bond donors (Lipinski definition) is 3. The number of nitrogens with one attached hydrogen (secondary N) is 3. The van der Waals surface area contributed by atoms with E-state index in [2.05, 4.69) is 22.9 Å². The maximum atomic E-state index is 11.8. The second kappa shape index (κ2) is 8.96. The summed E-state index contributed by atoms with van der Waals surface area (Å²) in [6.07, 6.45) is 2.02. The van der Waals surface area contributed by atoms with E-state index in [1.54, 1.807) is 6.07 Å². The minimum absolute atomic E-state index is 0.123. The Balaban J connectivity index is 2.18. The van der Waals surface area contributed by atoms with Crippen molar-refractivity contribution in [1.29, 1.82) is 0 Å². The lowest BCUT2D eigenvalue weighted by Crippen LogP contribution is -2.40. The summed E-state index contributed by atoms with van der Waals surface area (Å²) in [7, 11) is 0. The third-order valence-electron chi connectivity index (χ3n) is 2.79. The molecule has 3 N–H and O–H groups in total. The Hall–Kier alpha value is -2.04. The van der Waals surface area contributed by atoms with E-state index in [-0.39, 0.29) is 11.9 Å². The van der Waals surface area contributed by atoms with Crippen molar-refractivity contribution >= 4 is 11.9 Å². The molecule has 0 radical (unpaired) electrons. The molecule has 1 aromatic carbocycles. The summed E-state index contributed by atoms with van der Waals surface area (Å²) in [6, 6.07) is 7.21. The molecular formula is C15H23N3O2. The molecule has 0 aliphatic carbocycles. The highest BCUT2D eigenvalue weighted by Gasteiger charge is 2.04. The van der Waals surface area contributed by atoms with Gasteiger partial charge < -0.3 is 16.0 Å². The molecule has 1 rings (SSSR count). The van der Waals surface area contributed by atoms with E-state index in [1.807, 2.05) is 25.1 Å². The number of rotatable bonds is 7. The highest BCUT2D eigenvalue weighted by atomic mass is 16.2. The van der Waals surface area contributed by atoms with E-state index >= 15 is 0 Å². The number of carbonyl (C=O) groups excluding carboxylic acids is 2. The molecule has 0 aliphatic heterocycles. The SMILES string of the molecule is CCCCNC(=O)NCCNC(=O)c1cccc(C)c1. The van der Waals surface area contributed by atoms with Crippen molar-refractivity contribution in [3.63, 3.8) is 0 Å². The predicted octanol–water partition coefficient (Wildman–Crippen LogP) is 1.82. The summed E-state index contributed by atoms with van der Waals surface area (Å²) in [4.78, 5) is 23.2. The first-order valence-electron chi connectivity index (χ1n) is 7.00. The van der Waals surface area contributed by atoms with E-state index < -0.39 is 0 Å². The quantitative estimate of drug-likeness (QED) is 0.665. The Kier molecular flexibility index (Phi) is 7.17. The van der Waals surface area contributed by atoms with E-state index in [0.717, 1.165) is 18.4 Å². The van der Waals surface area contributed by atoms with Gasteiger partial charge in [-0.2, -0.15) is 0 Å². The van der Waals surface area contributed by atoms with Crippen LogP contribution in [0.2, 0.25) is 0 Å². The molecule has 0 atom stereocenters. The van der Waals surface area contributed by atoms with E-state index in [1.165, 1.54) is 0 Å². The lowest BCUT2D eigenvalue weighted by Gasteiger charge is -2.08. The van der Waals surface area contributed by atoms with Crippen molar-refractivity contribution in [3.8, 4) is 0 Å². The van der Waals surface area contributed by atoms with Gasteiger partial charge in [0.25, 0.3) is 5.91 Å². The van der Waals surface area contributed by atoms with Gasteiger partial charge in [0, 0.05) is 25.2 Å². The number of unbranched alkanes of at least 4 members (excludes halogenated alkanes) is 1. The van der Waals surface area contributed by atoms with Crippen LogP contribution in [0.15, 0.2) is 24.3 Å². The number of carbonyl (C=O) groups is 2. The fraction of sp³-hybridized carbons (Fsp3) is 0.467. The van der Waals surface area contributed by atoms with Gasteiger partial charge in [0.05, 0.1) is 0 Å². The predicted molar refractivity (Wildman–Crippen MR) is 79.8 cm³/mol. The molecule has 0 fully saturated rings. The van der Waals surface area contributed by atoms with Crippen LogP contribution in [-0.4, -0.2) is 31.6 Å². The zero-order valence-corrected chi connectivity index (χ0v) is 12.2.